The maximum absolute atomic E-state index is 12.3. The number of carbonyl (C=O) groups is 1. The van der Waals surface area contributed by atoms with Gasteiger partial charge in [-0.2, -0.15) is 0 Å². The van der Waals surface area contributed by atoms with Crippen LogP contribution in [0.25, 0.3) is 0 Å². The van der Waals surface area contributed by atoms with Crippen molar-refractivity contribution >= 4 is 40.6 Å². The largest absolute Gasteiger partial charge is 0.354 e. The Kier molecular flexibility index (Phi) is 5.78. The van der Waals surface area contributed by atoms with Crippen molar-refractivity contribution in [2.45, 2.75) is 6.92 Å². The molecule has 2 heterocycles. The molecule has 1 aromatic carbocycles. The Hall–Kier alpha value is -1.82. The van der Waals surface area contributed by atoms with Crippen molar-refractivity contribution in [3.8, 4) is 0 Å². The number of anilines is 2. The van der Waals surface area contributed by atoms with Gasteiger partial charge in [0.2, 0.25) is 0 Å². The van der Waals surface area contributed by atoms with Crippen molar-refractivity contribution in [2.24, 2.45) is 0 Å². The minimum absolute atomic E-state index is 0.246. The van der Waals surface area contributed by atoms with Gasteiger partial charge in [-0.15, -0.1) is 0 Å². The van der Waals surface area contributed by atoms with Crippen LogP contribution in [0.15, 0.2) is 36.5 Å². The Bertz CT molecular complexity index is 743. The van der Waals surface area contributed by atoms with Gasteiger partial charge in [-0.3, -0.25) is 4.79 Å². The van der Waals surface area contributed by atoms with Crippen molar-refractivity contribution in [2.75, 3.05) is 42.9 Å². The van der Waals surface area contributed by atoms with Gasteiger partial charge in [-0.25, -0.2) is 4.98 Å². The van der Waals surface area contributed by atoms with E-state index in [-0.39, 0.29) is 5.91 Å². The molecule has 0 saturated carbocycles. The third kappa shape index (κ3) is 4.42. The topological polar surface area (TPSA) is 48.5 Å². The molecule has 1 amide bonds. The number of nitrogens with one attached hydrogen (secondary N) is 1. The summed E-state index contributed by atoms with van der Waals surface area (Å²) in [6.07, 6.45) is 1.68. The molecule has 1 N–H and O–H groups in total. The van der Waals surface area contributed by atoms with Crippen molar-refractivity contribution in [3.63, 3.8) is 0 Å². The van der Waals surface area contributed by atoms with E-state index in [1.807, 2.05) is 12.1 Å². The molecular formula is C18H20Cl2N4O. The Labute approximate surface area is 157 Å². The second-order valence-corrected chi connectivity index (χ2v) is 6.72. The fourth-order valence-electron chi connectivity index (χ4n) is 2.78. The molecule has 132 valence electrons. The van der Waals surface area contributed by atoms with Crippen molar-refractivity contribution in [1.82, 2.24) is 9.88 Å². The molecule has 0 aliphatic carbocycles. The minimum Gasteiger partial charge on any atom is -0.354 e. The molecule has 7 heteroatoms. The van der Waals surface area contributed by atoms with E-state index in [0.29, 0.717) is 21.3 Å². The maximum atomic E-state index is 12.3. The van der Waals surface area contributed by atoms with Crippen LogP contribution in [-0.4, -0.2) is 48.5 Å². The number of amides is 1. The fraction of sp³-hybridized carbons (Fsp3) is 0.333. The van der Waals surface area contributed by atoms with E-state index in [9.17, 15) is 4.79 Å². The molecule has 3 rings (SSSR count). The number of hydrogen-bond acceptors (Lipinski definition) is 4. The molecule has 1 aliphatic heterocycles. The van der Waals surface area contributed by atoms with Crippen LogP contribution in [0.5, 0.6) is 0 Å². The summed E-state index contributed by atoms with van der Waals surface area (Å²) in [5, 5.41) is 3.60. The summed E-state index contributed by atoms with van der Waals surface area (Å²) in [5.74, 6) is 0.688. The third-order valence-electron chi connectivity index (χ3n) is 4.33. The highest BCUT2D eigenvalue weighted by Crippen LogP contribution is 2.23. The SMILES string of the molecule is CCN1CCN(c2ccc(NC(=O)c3ccc(Cl)c(Cl)c3)cn2)CC1. The minimum atomic E-state index is -0.246. The van der Waals surface area contributed by atoms with E-state index in [1.165, 1.54) is 0 Å². The van der Waals surface area contributed by atoms with Gasteiger partial charge in [0.05, 0.1) is 21.9 Å². The maximum Gasteiger partial charge on any atom is 0.255 e. The number of carbonyl (C=O) groups excluding carboxylic acids is 1. The van der Waals surface area contributed by atoms with Crippen LogP contribution in [0, 0.1) is 0 Å². The van der Waals surface area contributed by atoms with Gasteiger partial charge in [0.15, 0.2) is 0 Å². The summed E-state index contributed by atoms with van der Waals surface area (Å²) in [4.78, 5) is 21.4. The number of piperazine rings is 1. The van der Waals surface area contributed by atoms with Crippen LogP contribution in [0.4, 0.5) is 11.5 Å². The van der Waals surface area contributed by atoms with Gasteiger partial charge < -0.3 is 15.1 Å². The zero-order chi connectivity index (χ0) is 17.8. The summed E-state index contributed by atoms with van der Waals surface area (Å²) in [7, 11) is 0. The van der Waals surface area contributed by atoms with Crippen LogP contribution in [0.2, 0.25) is 10.0 Å². The number of likely N-dealkylation sites (N-methyl/N-ethyl adjacent to an activating group) is 1. The van der Waals surface area contributed by atoms with Gasteiger partial charge >= 0.3 is 0 Å². The Morgan fingerprint density at radius 1 is 1.12 bits per heavy atom. The predicted octanol–water partition coefficient (Wildman–Crippen LogP) is 3.78. The van der Waals surface area contributed by atoms with Crippen molar-refractivity contribution < 1.29 is 4.79 Å². The van der Waals surface area contributed by atoms with E-state index in [1.54, 1.807) is 24.4 Å². The van der Waals surface area contributed by atoms with E-state index < -0.39 is 0 Å². The van der Waals surface area contributed by atoms with Crippen molar-refractivity contribution in [1.29, 1.82) is 0 Å². The van der Waals surface area contributed by atoms with E-state index >= 15 is 0 Å². The average molecular weight is 379 g/mol. The molecule has 1 aliphatic rings. The third-order valence-corrected chi connectivity index (χ3v) is 5.07. The summed E-state index contributed by atoms with van der Waals surface area (Å²) >= 11 is 11.8. The quantitative estimate of drug-likeness (QED) is 0.879. The number of hydrogen-bond donors (Lipinski definition) is 1. The Morgan fingerprint density at radius 3 is 2.48 bits per heavy atom. The van der Waals surface area contributed by atoms with Gasteiger partial charge in [-0.1, -0.05) is 30.1 Å². The molecule has 1 saturated heterocycles. The highest BCUT2D eigenvalue weighted by atomic mass is 35.5. The Balaban J connectivity index is 1.62. The van der Waals surface area contributed by atoms with Gasteiger partial charge in [-0.05, 0) is 36.9 Å². The smallest absolute Gasteiger partial charge is 0.255 e. The van der Waals surface area contributed by atoms with E-state index in [0.717, 1.165) is 38.5 Å². The second kappa shape index (κ2) is 8.04. The van der Waals surface area contributed by atoms with Crippen LogP contribution in [-0.2, 0) is 0 Å². The number of halogens is 2. The molecule has 0 spiro atoms. The summed E-state index contributed by atoms with van der Waals surface area (Å²) in [6, 6.07) is 8.60. The highest BCUT2D eigenvalue weighted by Gasteiger charge is 2.16. The number of benzene rings is 1. The van der Waals surface area contributed by atoms with Crippen LogP contribution < -0.4 is 10.2 Å². The number of aromatic nitrogens is 1. The predicted molar refractivity (Wildman–Crippen MR) is 103 cm³/mol. The zero-order valence-corrected chi connectivity index (χ0v) is 15.5. The lowest BCUT2D eigenvalue weighted by molar-refractivity contribution is 0.102. The molecule has 5 nitrogen and oxygen atoms in total. The first kappa shape index (κ1) is 18.0. The number of pyridine rings is 1. The Morgan fingerprint density at radius 2 is 1.88 bits per heavy atom. The molecule has 1 aromatic heterocycles. The first-order valence-electron chi connectivity index (χ1n) is 8.26. The molecule has 0 bridgehead atoms. The lowest BCUT2D eigenvalue weighted by Gasteiger charge is -2.34. The standard InChI is InChI=1S/C18H20Cl2N4O/c1-2-23-7-9-24(10-8-23)17-6-4-14(12-21-17)22-18(25)13-3-5-15(19)16(20)11-13/h3-6,11-12H,2,7-10H2,1H3,(H,22,25). The van der Waals surface area contributed by atoms with Gasteiger partial charge in [0, 0.05) is 31.7 Å². The highest BCUT2D eigenvalue weighted by molar-refractivity contribution is 6.42. The number of rotatable bonds is 4. The van der Waals surface area contributed by atoms with Crippen LogP contribution in [0.3, 0.4) is 0 Å². The zero-order valence-electron chi connectivity index (χ0n) is 14.0. The number of nitrogens with zero attached hydrogens (tertiary/aromatic N) is 3. The van der Waals surface area contributed by atoms with E-state index in [2.05, 4.69) is 27.0 Å². The summed E-state index contributed by atoms with van der Waals surface area (Å²) in [6.45, 7) is 7.30. The molecule has 25 heavy (non-hydrogen) atoms. The first-order chi connectivity index (χ1) is 12.1. The summed E-state index contributed by atoms with van der Waals surface area (Å²) < 4.78 is 0. The normalized spacial score (nSPS) is 15.2. The summed E-state index contributed by atoms with van der Waals surface area (Å²) in [5.41, 5.74) is 1.10. The molecule has 2 aromatic rings. The molecule has 0 atom stereocenters. The lowest BCUT2D eigenvalue weighted by atomic mass is 10.2. The molecule has 0 radical (unpaired) electrons. The first-order valence-corrected chi connectivity index (χ1v) is 9.02. The van der Waals surface area contributed by atoms with Gasteiger partial charge in [0.25, 0.3) is 5.91 Å². The van der Waals surface area contributed by atoms with Gasteiger partial charge in [0.1, 0.15) is 5.82 Å². The second-order valence-electron chi connectivity index (χ2n) is 5.91. The van der Waals surface area contributed by atoms with Crippen LogP contribution in [0.1, 0.15) is 17.3 Å². The van der Waals surface area contributed by atoms with Crippen LogP contribution >= 0.6 is 23.2 Å². The molecule has 0 unspecified atom stereocenters. The van der Waals surface area contributed by atoms with Crippen molar-refractivity contribution in [3.05, 3.63) is 52.1 Å². The lowest BCUT2D eigenvalue weighted by Crippen LogP contribution is -2.46. The molecular weight excluding hydrogens is 359 g/mol. The van der Waals surface area contributed by atoms with E-state index in [4.69, 9.17) is 23.2 Å². The molecule has 1 fully saturated rings. The average Bonchev–Trinajstić information content (AvgIpc) is 2.64. The fourth-order valence-corrected chi connectivity index (χ4v) is 3.08. The monoisotopic (exact) mass is 378 g/mol.